The van der Waals surface area contributed by atoms with E-state index in [2.05, 4.69) is 0 Å². The molecule has 1 unspecified atom stereocenters. The average molecular weight is 281 g/mol. The molecule has 0 N–H and O–H groups in total. The number of benzene rings is 2. The Labute approximate surface area is 117 Å². The third-order valence-electron chi connectivity index (χ3n) is 3.41. The lowest BCUT2D eigenvalue weighted by Gasteiger charge is -2.15. The molecule has 0 aliphatic rings. The predicted molar refractivity (Wildman–Crippen MR) is 74.6 cm³/mol. The molecule has 0 nitrogen and oxygen atoms in total. The Morgan fingerprint density at radius 1 is 1.05 bits per heavy atom. The molecule has 0 aliphatic heterocycles. The average Bonchev–Trinajstić information content (AvgIpc) is 2.38. The molecule has 19 heavy (non-hydrogen) atoms. The highest BCUT2D eigenvalue weighted by atomic mass is 35.5. The molecule has 100 valence electrons. The lowest BCUT2D eigenvalue weighted by atomic mass is 9.97. The maximum Gasteiger partial charge on any atom is 0.162 e. The van der Waals surface area contributed by atoms with Crippen molar-refractivity contribution >= 4 is 11.6 Å². The van der Waals surface area contributed by atoms with Crippen LogP contribution >= 0.6 is 11.6 Å². The van der Waals surface area contributed by atoms with Gasteiger partial charge in [0.15, 0.2) is 11.6 Å². The molecule has 0 fully saturated rings. The fourth-order valence-corrected chi connectivity index (χ4v) is 2.52. The van der Waals surface area contributed by atoms with Gasteiger partial charge in [-0.1, -0.05) is 30.3 Å². The van der Waals surface area contributed by atoms with E-state index in [0.717, 1.165) is 22.8 Å². The normalized spacial score (nSPS) is 12.5. The molecule has 0 amide bonds. The van der Waals surface area contributed by atoms with Crippen molar-refractivity contribution in [1.82, 2.24) is 0 Å². The van der Waals surface area contributed by atoms with Crippen LogP contribution in [0.4, 0.5) is 8.78 Å². The summed E-state index contributed by atoms with van der Waals surface area (Å²) in [5.41, 5.74) is 3.51. The van der Waals surface area contributed by atoms with Gasteiger partial charge in [0.05, 0.1) is 5.38 Å². The van der Waals surface area contributed by atoms with Gasteiger partial charge in [-0.05, 0) is 48.6 Å². The first-order chi connectivity index (χ1) is 9.00. The summed E-state index contributed by atoms with van der Waals surface area (Å²) in [6.45, 7) is 3.99. The fourth-order valence-electron chi connectivity index (χ4n) is 2.12. The molecular formula is C16H15ClF2. The molecule has 0 bridgehead atoms. The van der Waals surface area contributed by atoms with Crippen molar-refractivity contribution in [1.29, 1.82) is 0 Å². The topological polar surface area (TPSA) is 0 Å². The highest BCUT2D eigenvalue weighted by Crippen LogP contribution is 2.30. The number of aryl methyl sites for hydroxylation is 1. The lowest BCUT2D eigenvalue weighted by Crippen LogP contribution is -2.02. The van der Waals surface area contributed by atoms with Crippen LogP contribution in [-0.2, 0) is 6.42 Å². The van der Waals surface area contributed by atoms with E-state index in [1.165, 1.54) is 6.07 Å². The first kappa shape index (κ1) is 14.0. The summed E-state index contributed by atoms with van der Waals surface area (Å²) in [6, 6.07) is 10.0. The molecule has 3 heteroatoms. The third kappa shape index (κ3) is 2.95. The maximum atomic E-state index is 13.6. The molecule has 0 aromatic heterocycles. The Balaban J connectivity index is 2.28. The van der Waals surface area contributed by atoms with Crippen LogP contribution < -0.4 is 0 Å². The summed E-state index contributed by atoms with van der Waals surface area (Å²) in [4.78, 5) is 0. The molecule has 0 radical (unpaired) electrons. The minimum Gasteiger partial charge on any atom is -0.204 e. The van der Waals surface area contributed by atoms with Crippen LogP contribution in [0.25, 0.3) is 0 Å². The van der Waals surface area contributed by atoms with E-state index in [-0.39, 0.29) is 11.8 Å². The second-order valence-corrected chi connectivity index (χ2v) is 5.20. The van der Waals surface area contributed by atoms with E-state index in [1.807, 2.05) is 32.0 Å². The number of alkyl halides is 1. The van der Waals surface area contributed by atoms with Crippen molar-refractivity contribution in [3.63, 3.8) is 0 Å². The third-order valence-corrected chi connectivity index (χ3v) is 3.80. The number of hydrogen-bond donors (Lipinski definition) is 0. The van der Waals surface area contributed by atoms with Gasteiger partial charge in [-0.2, -0.15) is 0 Å². The molecule has 1 atom stereocenters. The number of halogens is 3. The molecule has 0 heterocycles. The van der Waals surface area contributed by atoms with Gasteiger partial charge in [-0.25, -0.2) is 8.78 Å². The van der Waals surface area contributed by atoms with Crippen molar-refractivity contribution in [2.45, 2.75) is 25.6 Å². The zero-order chi connectivity index (χ0) is 14.0. The Bertz CT molecular complexity index is 593. The van der Waals surface area contributed by atoms with E-state index in [4.69, 9.17) is 11.6 Å². The van der Waals surface area contributed by atoms with Crippen molar-refractivity contribution < 1.29 is 8.78 Å². The summed E-state index contributed by atoms with van der Waals surface area (Å²) in [5.74, 6) is -1.64. The number of hydrogen-bond acceptors (Lipinski definition) is 0. The molecule has 2 aromatic carbocycles. The molecule has 2 aromatic rings. The maximum absolute atomic E-state index is 13.6. The Hall–Kier alpha value is -1.41. The van der Waals surface area contributed by atoms with Gasteiger partial charge in [0.25, 0.3) is 0 Å². The highest BCUT2D eigenvalue weighted by Gasteiger charge is 2.16. The van der Waals surface area contributed by atoms with Gasteiger partial charge in [0, 0.05) is 0 Å². The summed E-state index contributed by atoms with van der Waals surface area (Å²) in [7, 11) is 0. The van der Waals surface area contributed by atoms with Gasteiger partial charge in [-0.15, -0.1) is 11.6 Å². The zero-order valence-electron chi connectivity index (χ0n) is 10.9. The van der Waals surface area contributed by atoms with Crippen molar-refractivity contribution in [3.05, 3.63) is 70.3 Å². The van der Waals surface area contributed by atoms with Crippen LogP contribution in [0.15, 0.2) is 36.4 Å². The number of rotatable bonds is 3. The summed E-state index contributed by atoms with van der Waals surface area (Å²) in [6.07, 6.45) is 0.273. The molecule has 0 saturated heterocycles. The summed E-state index contributed by atoms with van der Waals surface area (Å²) in [5, 5.41) is -0.365. The largest absolute Gasteiger partial charge is 0.204 e. The molecule has 0 spiro atoms. The second-order valence-electron chi connectivity index (χ2n) is 4.67. The SMILES string of the molecule is Cc1cccc(C(Cl)Cc2cccc(F)c2F)c1C. The summed E-state index contributed by atoms with van der Waals surface area (Å²) >= 11 is 6.35. The van der Waals surface area contributed by atoms with E-state index in [9.17, 15) is 8.78 Å². The van der Waals surface area contributed by atoms with Gasteiger partial charge in [0.2, 0.25) is 0 Å². The van der Waals surface area contributed by atoms with Crippen molar-refractivity contribution in [2.75, 3.05) is 0 Å². The quantitative estimate of drug-likeness (QED) is 0.686. The standard InChI is InChI=1S/C16H15ClF2/c1-10-5-3-7-13(11(10)2)14(17)9-12-6-4-8-15(18)16(12)19/h3-8,14H,9H2,1-2H3. The van der Waals surface area contributed by atoms with Crippen molar-refractivity contribution in [3.8, 4) is 0 Å². The Morgan fingerprint density at radius 2 is 1.74 bits per heavy atom. The first-order valence-electron chi connectivity index (χ1n) is 6.13. The van der Waals surface area contributed by atoms with Crippen LogP contribution in [-0.4, -0.2) is 0 Å². The van der Waals surface area contributed by atoms with E-state index >= 15 is 0 Å². The minimum atomic E-state index is -0.831. The monoisotopic (exact) mass is 280 g/mol. The van der Waals surface area contributed by atoms with Crippen LogP contribution in [0.3, 0.4) is 0 Å². The highest BCUT2D eigenvalue weighted by molar-refractivity contribution is 6.21. The molecule has 0 aliphatic carbocycles. The van der Waals surface area contributed by atoms with Crippen LogP contribution in [0, 0.1) is 25.5 Å². The Morgan fingerprint density at radius 3 is 2.47 bits per heavy atom. The second kappa shape index (κ2) is 5.70. The molecule has 0 saturated carbocycles. The van der Waals surface area contributed by atoms with Crippen LogP contribution in [0.1, 0.15) is 27.6 Å². The van der Waals surface area contributed by atoms with Gasteiger partial charge in [-0.3, -0.25) is 0 Å². The summed E-state index contributed by atoms with van der Waals surface area (Å²) < 4.78 is 26.8. The zero-order valence-corrected chi connectivity index (χ0v) is 11.6. The van der Waals surface area contributed by atoms with Gasteiger partial charge >= 0.3 is 0 Å². The Kier molecular flexibility index (Phi) is 4.20. The van der Waals surface area contributed by atoms with E-state index < -0.39 is 11.6 Å². The molecular weight excluding hydrogens is 266 g/mol. The predicted octanol–water partition coefficient (Wildman–Crippen LogP) is 5.10. The van der Waals surface area contributed by atoms with E-state index in [0.29, 0.717) is 5.56 Å². The lowest BCUT2D eigenvalue weighted by molar-refractivity contribution is 0.498. The smallest absolute Gasteiger partial charge is 0.162 e. The van der Waals surface area contributed by atoms with Gasteiger partial charge < -0.3 is 0 Å². The fraction of sp³-hybridized carbons (Fsp3) is 0.250. The minimum absolute atomic E-state index is 0.273. The van der Waals surface area contributed by atoms with E-state index in [1.54, 1.807) is 6.07 Å². The van der Waals surface area contributed by atoms with Crippen molar-refractivity contribution in [2.24, 2.45) is 0 Å². The van der Waals surface area contributed by atoms with Gasteiger partial charge in [0.1, 0.15) is 0 Å². The first-order valence-corrected chi connectivity index (χ1v) is 6.57. The van der Waals surface area contributed by atoms with Crippen LogP contribution in [0.2, 0.25) is 0 Å². The molecule has 2 rings (SSSR count). The van der Waals surface area contributed by atoms with Crippen LogP contribution in [0.5, 0.6) is 0 Å².